The molecule has 0 radical (unpaired) electrons. The predicted molar refractivity (Wildman–Crippen MR) is 101 cm³/mol. The van der Waals surface area contributed by atoms with E-state index in [1.807, 2.05) is 38.1 Å². The van der Waals surface area contributed by atoms with Crippen molar-refractivity contribution in [2.24, 2.45) is 0 Å². The lowest BCUT2D eigenvalue weighted by atomic mass is 10.1. The molecule has 0 fully saturated rings. The average Bonchev–Trinajstić information content (AvgIpc) is 2.64. The highest BCUT2D eigenvalue weighted by Gasteiger charge is 2.13. The third kappa shape index (κ3) is 4.28. The highest BCUT2D eigenvalue weighted by atomic mass is 19.1. The molecular weight excluding hydrogens is 329 g/mol. The molecule has 26 heavy (non-hydrogen) atoms. The van der Waals surface area contributed by atoms with Crippen LogP contribution in [0, 0.1) is 19.7 Å². The van der Waals surface area contributed by atoms with E-state index in [-0.39, 0.29) is 18.3 Å². The number of para-hydroxylation sites is 1. The Morgan fingerprint density at radius 3 is 2.46 bits per heavy atom. The maximum atomic E-state index is 13.0. The Kier molecular flexibility index (Phi) is 5.32. The standard InChI is InChI=1S/C22H20FNO2/c1-15-7-12-20(16(2)13-15)24-22(25)19-5-3-4-6-21(19)26-14-17-8-10-18(23)11-9-17/h3-13H,14H2,1-2H3,(H,24,25). The predicted octanol–water partition coefficient (Wildman–Crippen LogP) is 5.27. The van der Waals surface area contributed by atoms with Gasteiger partial charge in [0.25, 0.3) is 5.91 Å². The first-order valence-corrected chi connectivity index (χ1v) is 8.38. The van der Waals surface area contributed by atoms with Crippen LogP contribution >= 0.6 is 0 Å². The lowest BCUT2D eigenvalue weighted by Gasteiger charge is -2.13. The van der Waals surface area contributed by atoms with Crippen LogP contribution in [0.25, 0.3) is 0 Å². The highest BCUT2D eigenvalue weighted by molar-refractivity contribution is 6.06. The molecule has 132 valence electrons. The summed E-state index contributed by atoms with van der Waals surface area (Å²) in [6.45, 7) is 4.23. The van der Waals surface area contributed by atoms with E-state index in [2.05, 4.69) is 5.32 Å². The normalized spacial score (nSPS) is 10.4. The monoisotopic (exact) mass is 349 g/mol. The fraction of sp³-hybridized carbons (Fsp3) is 0.136. The molecule has 1 N–H and O–H groups in total. The van der Waals surface area contributed by atoms with Crippen LogP contribution in [0.15, 0.2) is 66.7 Å². The SMILES string of the molecule is Cc1ccc(NC(=O)c2ccccc2OCc2ccc(F)cc2)c(C)c1. The van der Waals surface area contributed by atoms with E-state index in [1.165, 1.54) is 12.1 Å². The van der Waals surface area contributed by atoms with Gasteiger partial charge in [-0.3, -0.25) is 4.79 Å². The van der Waals surface area contributed by atoms with Gasteiger partial charge in [0.15, 0.2) is 0 Å². The average molecular weight is 349 g/mol. The van der Waals surface area contributed by atoms with Crippen molar-refractivity contribution in [3.63, 3.8) is 0 Å². The van der Waals surface area contributed by atoms with Gasteiger partial charge in [0.05, 0.1) is 5.56 Å². The Hall–Kier alpha value is -3.14. The smallest absolute Gasteiger partial charge is 0.259 e. The number of aryl methyl sites for hydroxylation is 2. The molecule has 1 amide bonds. The van der Waals surface area contributed by atoms with Crippen molar-refractivity contribution in [3.05, 3.63) is 94.8 Å². The first kappa shape index (κ1) is 17.7. The number of hydrogen-bond acceptors (Lipinski definition) is 2. The first-order valence-electron chi connectivity index (χ1n) is 8.38. The van der Waals surface area contributed by atoms with Gasteiger partial charge >= 0.3 is 0 Å². The van der Waals surface area contributed by atoms with Gasteiger partial charge in [-0.25, -0.2) is 4.39 Å². The number of nitrogens with one attached hydrogen (secondary N) is 1. The molecule has 0 atom stereocenters. The van der Waals surface area contributed by atoms with Crippen molar-refractivity contribution in [1.29, 1.82) is 0 Å². The fourth-order valence-corrected chi connectivity index (χ4v) is 2.67. The second-order valence-corrected chi connectivity index (χ2v) is 6.18. The molecule has 0 heterocycles. The lowest BCUT2D eigenvalue weighted by Crippen LogP contribution is -2.14. The molecule has 0 aliphatic heterocycles. The van der Waals surface area contributed by atoms with E-state index < -0.39 is 0 Å². The number of benzene rings is 3. The maximum Gasteiger partial charge on any atom is 0.259 e. The minimum absolute atomic E-state index is 0.230. The second-order valence-electron chi connectivity index (χ2n) is 6.18. The second kappa shape index (κ2) is 7.83. The minimum atomic E-state index is -0.290. The Morgan fingerprint density at radius 1 is 1.00 bits per heavy atom. The maximum absolute atomic E-state index is 13.0. The van der Waals surface area contributed by atoms with Crippen LogP contribution in [0.1, 0.15) is 27.0 Å². The summed E-state index contributed by atoms with van der Waals surface area (Å²) in [6.07, 6.45) is 0. The number of rotatable bonds is 5. The summed E-state index contributed by atoms with van der Waals surface area (Å²) >= 11 is 0. The Morgan fingerprint density at radius 2 is 1.73 bits per heavy atom. The number of carbonyl (C=O) groups is 1. The van der Waals surface area contributed by atoms with Crippen molar-refractivity contribution in [3.8, 4) is 5.75 Å². The number of ether oxygens (including phenoxy) is 1. The molecule has 0 aromatic heterocycles. The number of anilines is 1. The number of carbonyl (C=O) groups excluding carboxylic acids is 1. The zero-order chi connectivity index (χ0) is 18.5. The molecule has 0 aliphatic carbocycles. The van der Waals surface area contributed by atoms with Gasteiger partial charge in [0, 0.05) is 5.69 Å². The van der Waals surface area contributed by atoms with Crippen molar-refractivity contribution in [1.82, 2.24) is 0 Å². The third-order valence-electron chi connectivity index (χ3n) is 4.07. The van der Waals surface area contributed by atoms with Crippen LogP contribution < -0.4 is 10.1 Å². The van der Waals surface area contributed by atoms with Gasteiger partial charge in [-0.2, -0.15) is 0 Å². The molecule has 0 saturated carbocycles. The van der Waals surface area contributed by atoms with Crippen molar-refractivity contribution < 1.29 is 13.9 Å². The summed E-state index contributed by atoms with van der Waals surface area (Å²) in [5.74, 6) is -0.0345. The van der Waals surface area contributed by atoms with Crippen molar-refractivity contribution in [2.45, 2.75) is 20.5 Å². The first-order chi connectivity index (χ1) is 12.5. The van der Waals surface area contributed by atoms with Gasteiger partial charge in [-0.15, -0.1) is 0 Å². The molecule has 0 saturated heterocycles. The van der Waals surface area contributed by atoms with Gasteiger partial charge in [-0.05, 0) is 55.3 Å². The summed E-state index contributed by atoms with van der Waals surface area (Å²) in [5.41, 5.74) is 4.20. The zero-order valence-corrected chi connectivity index (χ0v) is 14.8. The Balaban J connectivity index is 1.75. The van der Waals surface area contributed by atoms with Crippen LogP contribution in [0.5, 0.6) is 5.75 Å². The summed E-state index contributed by atoms with van der Waals surface area (Å²) in [7, 11) is 0. The molecule has 3 aromatic rings. The molecular formula is C22H20FNO2. The molecule has 0 spiro atoms. The lowest BCUT2D eigenvalue weighted by molar-refractivity contribution is 0.102. The molecule has 3 aromatic carbocycles. The molecule has 0 unspecified atom stereocenters. The summed E-state index contributed by atoms with van der Waals surface area (Å²) in [5, 5.41) is 2.93. The Labute approximate surface area is 152 Å². The van der Waals surface area contributed by atoms with Crippen LogP contribution in [-0.2, 0) is 6.61 Å². The molecule has 0 aliphatic rings. The molecule has 3 nitrogen and oxygen atoms in total. The molecule has 0 bridgehead atoms. The molecule has 4 heteroatoms. The summed E-state index contributed by atoms with van der Waals surface area (Å²) in [4.78, 5) is 12.7. The topological polar surface area (TPSA) is 38.3 Å². The number of amides is 1. The van der Waals surface area contributed by atoms with Gasteiger partial charge in [-0.1, -0.05) is 42.0 Å². The van der Waals surface area contributed by atoms with E-state index in [9.17, 15) is 9.18 Å². The van der Waals surface area contributed by atoms with Crippen LogP contribution in [0.2, 0.25) is 0 Å². The molecule has 3 rings (SSSR count). The summed E-state index contributed by atoms with van der Waals surface area (Å²) in [6, 6.07) is 19.0. The number of hydrogen-bond donors (Lipinski definition) is 1. The van der Waals surface area contributed by atoms with E-state index in [0.29, 0.717) is 11.3 Å². The van der Waals surface area contributed by atoms with E-state index in [1.54, 1.807) is 30.3 Å². The van der Waals surface area contributed by atoms with Crippen LogP contribution in [-0.4, -0.2) is 5.91 Å². The Bertz CT molecular complexity index is 920. The van der Waals surface area contributed by atoms with E-state index in [4.69, 9.17) is 4.74 Å². The summed E-state index contributed by atoms with van der Waals surface area (Å²) < 4.78 is 18.8. The minimum Gasteiger partial charge on any atom is -0.488 e. The van der Waals surface area contributed by atoms with Gasteiger partial charge < -0.3 is 10.1 Å². The number of halogens is 1. The van der Waals surface area contributed by atoms with Crippen molar-refractivity contribution in [2.75, 3.05) is 5.32 Å². The highest BCUT2D eigenvalue weighted by Crippen LogP contribution is 2.23. The van der Waals surface area contributed by atoms with E-state index >= 15 is 0 Å². The van der Waals surface area contributed by atoms with Crippen LogP contribution in [0.3, 0.4) is 0 Å². The largest absolute Gasteiger partial charge is 0.488 e. The quantitative estimate of drug-likeness (QED) is 0.681. The van der Waals surface area contributed by atoms with Gasteiger partial charge in [0.2, 0.25) is 0 Å². The van der Waals surface area contributed by atoms with E-state index in [0.717, 1.165) is 22.4 Å². The van der Waals surface area contributed by atoms with Crippen LogP contribution in [0.4, 0.5) is 10.1 Å². The third-order valence-corrected chi connectivity index (χ3v) is 4.07. The fourth-order valence-electron chi connectivity index (χ4n) is 2.67. The zero-order valence-electron chi connectivity index (χ0n) is 14.8. The van der Waals surface area contributed by atoms with Gasteiger partial charge in [0.1, 0.15) is 18.2 Å². The van der Waals surface area contributed by atoms with Crippen molar-refractivity contribution >= 4 is 11.6 Å².